The number of nitrogens with two attached hydrogens (primary N) is 1. The number of amides is 1. The number of hydrogen-bond acceptors (Lipinski definition) is 4. The van der Waals surface area contributed by atoms with Gasteiger partial charge >= 0.3 is 0 Å². The van der Waals surface area contributed by atoms with Gasteiger partial charge in [0.2, 0.25) is 5.91 Å². The van der Waals surface area contributed by atoms with Crippen LogP contribution in [0.2, 0.25) is 0 Å². The van der Waals surface area contributed by atoms with Crippen molar-refractivity contribution in [2.24, 2.45) is 5.73 Å². The lowest BCUT2D eigenvalue weighted by Crippen LogP contribution is -2.13. The van der Waals surface area contributed by atoms with Crippen LogP contribution in [0.5, 0.6) is 0 Å². The Morgan fingerprint density at radius 1 is 1.24 bits per heavy atom. The third kappa shape index (κ3) is 3.75. The lowest BCUT2D eigenvalue weighted by Gasteiger charge is -2.08. The third-order valence-electron chi connectivity index (χ3n) is 2.77. The highest BCUT2D eigenvalue weighted by molar-refractivity contribution is 5.77. The van der Waals surface area contributed by atoms with Crippen LogP contribution in [0, 0.1) is 15.9 Å². The number of carbonyl (C=O) groups excluding carboxylic acids is 1. The van der Waals surface area contributed by atoms with Crippen molar-refractivity contribution in [2.75, 3.05) is 5.32 Å². The van der Waals surface area contributed by atoms with Crippen LogP contribution in [-0.4, -0.2) is 10.8 Å². The Morgan fingerprint density at radius 3 is 2.48 bits per heavy atom. The van der Waals surface area contributed by atoms with E-state index < -0.39 is 16.6 Å². The van der Waals surface area contributed by atoms with Gasteiger partial charge in [-0.3, -0.25) is 14.9 Å². The van der Waals surface area contributed by atoms with Crippen LogP contribution in [0.15, 0.2) is 42.5 Å². The van der Waals surface area contributed by atoms with Crippen LogP contribution in [0.25, 0.3) is 0 Å². The minimum Gasteiger partial charge on any atom is -0.369 e. The van der Waals surface area contributed by atoms with Crippen LogP contribution in [-0.2, 0) is 11.2 Å². The fraction of sp³-hybridized carbons (Fsp3) is 0.0714. The largest absolute Gasteiger partial charge is 0.369 e. The third-order valence-corrected chi connectivity index (χ3v) is 2.77. The van der Waals surface area contributed by atoms with Crippen LogP contribution < -0.4 is 11.1 Å². The number of benzene rings is 2. The summed E-state index contributed by atoms with van der Waals surface area (Å²) in [5, 5.41) is 13.7. The lowest BCUT2D eigenvalue weighted by molar-refractivity contribution is -0.384. The maximum Gasteiger partial charge on any atom is 0.295 e. The van der Waals surface area contributed by atoms with Crippen molar-refractivity contribution in [2.45, 2.75) is 6.42 Å². The van der Waals surface area contributed by atoms with E-state index >= 15 is 0 Å². The summed E-state index contributed by atoms with van der Waals surface area (Å²) in [4.78, 5) is 21.0. The molecule has 7 heteroatoms. The Bertz CT molecular complexity index is 686. The number of primary amides is 1. The molecule has 0 aliphatic rings. The van der Waals surface area contributed by atoms with Crippen LogP contribution in [0.4, 0.5) is 21.5 Å². The summed E-state index contributed by atoms with van der Waals surface area (Å²) < 4.78 is 13.0. The van der Waals surface area contributed by atoms with Gasteiger partial charge in [-0.25, -0.2) is 4.39 Å². The summed E-state index contributed by atoms with van der Waals surface area (Å²) in [6, 6.07) is 9.97. The zero-order valence-electron chi connectivity index (χ0n) is 10.9. The van der Waals surface area contributed by atoms with Gasteiger partial charge in [-0.05, 0) is 29.8 Å². The zero-order chi connectivity index (χ0) is 15.4. The molecule has 0 spiro atoms. The van der Waals surface area contributed by atoms with Crippen LogP contribution in [0.1, 0.15) is 5.56 Å². The topological polar surface area (TPSA) is 98.3 Å². The molecule has 0 saturated heterocycles. The van der Waals surface area contributed by atoms with E-state index in [1.54, 1.807) is 24.3 Å². The summed E-state index contributed by atoms with van der Waals surface area (Å²) in [6.07, 6.45) is 0.122. The van der Waals surface area contributed by atoms with Crippen molar-refractivity contribution in [1.29, 1.82) is 0 Å². The fourth-order valence-corrected chi connectivity index (χ4v) is 1.82. The van der Waals surface area contributed by atoms with E-state index in [-0.39, 0.29) is 17.8 Å². The molecule has 2 aromatic carbocycles. The highest BCUT2D eigenvalue weighted by Gasteiger charge is 2.14. The average molecular weight is 289 g/mol. The number of hydrogen-bond donors (Lipinski definition) is 2. The second-order valence-electron chi connectivity index (χ2n) is 4.38. The highest BCUT2D eigenvalue weighted by Crippen LogP contribution is 2.28. The van der Waals surface area contributed by atoms with Gasteiger partial charge in [-0.1, -0.05) is 12.1 Å². The molecular formula is C14H12FN3O3. The van der Waals surface area contributed by atoms with Crippen molar-refractivity contribution in [3.05, 3.63) is 64.0 Å². The van der Waals surface area contributed by atoms with Gasteiger partial charge in [0.25, 0.3) is 5.69 Å². The molecule has 0 aliphatic carbocycles. The van der Waals surface area contributed by atoms with Crippen molar-refractivity contribution in [1.82, 2.24) is 0 Å². The lowest BCUT2D eigenvalue weighted by atomic mass is 10.1. The fourth-order valence-electron chi connectivity index (χ4n) is 1.82. The van der Waals surface area contributed by atoms with Crippen molar-refractivity contribution >= 4 is 23.0 Å². The number of nitro benzene ring substituents is 1. The van der Waals surface area contributed by atoms with E-state index in [0.717, 1.165) is 17.7 Å². The van der Waals surface area contributed by atoms with Crippen LogP contribution >= 0.6 is 0 Å². The molecular weight excluding hydrogens is 277 g/mol. The molecule has 2 aromatic rings. The zero-order valence-corrected chi connectivity index (χ0v) is 10.9. The number of nitro groups is 1. The van der Waals surface area contributed by atoms with E-state index in [0.29, 0.717) is 5.69 Å². The number of nitrogens with one attached hydrogen (secondary N) is 1. The maximum atomic E-state index is 13.0. The smallest absolute Gasteiger partial charge is 0.295 e. The SMILES string of the molecule is NC(=O)Cc1ccc(Nc2ccc(F)cc2[N+](=O)[O-])cc1. The summed E-state index contributed by atoms with van der Waals surface area (Å²) in [5.41, 5.74) is 6.24. The number of anilines is 2. The Hall–Kier alpha value is -2.96. The second-order valence-corrected chi connectivity index (χ2v) is 4.38. The first kappa shape index (κ1) is 14.4. The van der Waals surface area contributed by atoms with Gasteiger partial charge in [-0.15, -0.1) is 0 Å². The molecule has 0 unspecified atom stereocenters. The summed E-state index contributed by atoms with van der Waals surface area (Å²) in [7, 11) is 0. The Morgan fingerprint density at radius 2 is 1.90 bits per heavy atom. The molecule has 0 fully saturated rings. The first-order chi connectivity index (χ1) is 9.95. The van der Waals surface area contributed by atoms with Gasteiger partial charge in [0.15, 0.2) is 0 Å². The van der Waals surface area contributed by atoms with Gasteiger partial charge in [-0.2, -0.15) is 0 Å². The standard InChI is InChI=1S/C14H12FN3O3/c15-10-3-6-12(13(8-10)18(20)21)17-11-4-1-9(2-5-11)7-14(16)19/h1-6,8,17H,7H2,(H2,16,19). The molecule has 1 amide bonds. The monoisotopic (exact) mass is 289 g/mol. The van der Waals surface area contributed by atoms with E-state index in [2.05, 4.69) is 5.32 Å². The second kappa shape index (κ2) is 6.00. The van der Waals surface area contributed by atoms with E-state index in [4.69, 9.17) is 5.73 Å². The normalized spacial score (nSPS) is 10.1. The molecule has 0 aliphatic heterocycles. The van der Waals surface area contributed by atoms with E-state index in [9.17, 15) is 19.3 Å². The highest BCUT2D eigenvalue weighted by atomic mass is 19.1. The molecule has 108 valence electrons. The summed E-state index contributed by atoms with van der Waals surface area (Å²) >= 11 is 0. The van der Waals surface area contributed by atoms with Crippen molar-refractivity contribution in [3.8, 4) is 0 Å². The molecule has 2 rings (SSSR count). The first-order valence-corrected chi connectivity index (χ1v) is 6.04. The molecule has 21 heavy (non-hydrogen) atoms. The summed E-state index contributed by atoms with van der Waals surface area (Å²) in [5.74, 6) is -1.12. The molecule has 0 bridgehead atoms. The van der Waals surface area contributed by atoms with Crippen molar-refractivity contribution < 1.29 is 14.1 Å². The molecule has 0 saturated carbocycles. The molecule has 0 atom stereocenters. The first-order valence-electron chi connectivity index (χ1n) is 6.04. The number of halogens is 1. The molecule has 0 heterocycles. The quantitative estimate of drug-likeness (QED) is 0.652. The van der Waals surface area contributed by atoms with E-state index in [1.807, 2.05) is 0 Å². The number of carbonyl (C=O) groups is 1. The Labute approximate surface area is 119 Å². The van der Waals surface area contributed by atoms with Gasteiger partial charge in [0, 0.05) is 5.69 Å². The van der Waals surface area contributed by atoms with Gasteiger partial charge in [0.05, 0.1) is 17.4 Å². The number of nitrogens with zero attached hydrogens (tertiary/aromatic N) is 1. The Kier molecular flexibility index (Phi) is 4.13. The predicted molar refractivity (Wildman–Crippen MR) is 75.7 cm³/mol. The molecule has 6 nitrogen and oxygen atoms in total. The molecule has 3 N–H and O–H groups in total. The molecule has 0 radical (unpaired) electrons. The molecule has 0 aromatic heterocycles. The maximum absolute atomic E-state index is 13.0. The van der Waals surface area contributed by atoms with Crippen molar-refractivity contribution in [3.63, 3.8) is 0 Å². The van der Waals surface area contributed by atoms with E-state index in [1.165, 1.54) is 6.07 Å². The summed E-state index contributed by atoms with van der Waals surface area (Å²) in [6.45, 7) is 0. The average Bonchev–Trinajstić information content (AvgIpc) is 2.42. The Balaban J connectivity index is 2.22. The van der Waals surface area contributed by atoms with Gasteiger partial charge in [0.1, 0.15) is 11.5 Å². The number of rotatable bonds is 5. The van der Waals surface area contributed by atoms with Crippen LogP contribution in [0.3, 0.4) is 0 Å². The minimum absolute atomic E-state index is 0.122. The van der Waals surface area contributed by atoms with Gasteiger partial charge < -0.3 is 11.1 Å². The predicted octanol–water partition coefficient (Wildman–Crippen LogP) is 2.51. The minimum atomic E-state index is -0.677.